The lowest BCUT2D eigenvalue weighted by molar-refractivity contribution is -0.119. The minimum atomic E-state index is -3.23. The summed E-state index contributed by atoms with van der Waals surface area (Å²) in [4.78, 5) is 18.8. The molecule has 0 spiro atoms. The van der Waals surface area contributed by atoms with E-state index in [1.54, 1.807) is 35.2 Å². The van der Waals surface area contributed by atoms with Crippen LogP contribution in [-0.2, 0) is 14.6 Å². The number of anilines is 1. The Hall–Kier alpha value is -3.01. The van der Waals surface area contributed by atoms with E-state index < -0.39 is 21.8 Å². The van der Waals surface area contributed by atoms with Crippen LogP contribution in [0.5, 0.6) is 17.2 Å². The van der Waals surface area contributed by atoms with E-state index in [9.17, 15) is 13.2 Å². The van der Waals surface area contributed by atoms with E-state index in [1.807, 2.05) is 49.4 Å². The Labute approximate surface area is 219 Å². The molecule has 1 amide bonds. The number of carbonyl (C=O) groups excluding carboxylic acids is 1. The standard InChI is InChI=1S/C26H23ClN2O5S2/c1-17-6-5-9-20(12-17)34-23-11-10-18(27)13-21(23)29-22-15-36(31,32)16-24(22)35-26(29)28-25(30)14-33-19-7-3-2-4-8-19/h2-13,22,24H,14-16H2,1H3/t22-,24-/m0/s1. The number of hydrogen-bond acceptors (Lipinski definition) is 6. The average Bonchev–Trinajstić information content (AvgIpc) is 3.30. The molecule has 0 bridgehead atoms. The Morgan fingerprint density at radius 1 is 1.06 bits per heavy atom. The van der Waals surface area contributed by atoms with Crippen molar-refractivity contribution in [2.75, 3.05) is 23.0 Å². The number of halogens is 1. The van der Waals surface area contributed by atoms with E-state index in [1.165, 1.54) is 11.8 Å². The fraction of sp³-hybridized carbons (Fsp3) is 0.231. The molecular weight excluding hydrogens is 520 g/mol. The highest BCUT2D eigenvalue weighted by Crippen LogP contribution is 2.45. The first-order valence-corrected chi connectivity index (χ1v) is 14.3. The highest BCUT2D eigenvalue weighted by Gasteiger charge is 2.50. The molecule has 5 rings (SSSR count). The van der Waals surface area contributed by atoms with Gasteiger partial charge in [0.25, 0.3) is 5.91 Å². The monoisotopic (exact) mass is 542 g/mol. The zero-order valence-corrected chi connectivity index (χ0v) is 21.7. The van der Waals surface area contributed by atoms with Crippen LogP contribution in [0.1, 0.15) is 5.56 Å². The van der Waals surface area contributed by atoms with Gasteiger partial charge in [-0.15, -0.1) is 0 Å². The predicted octanol–water partition coefficient (Wildman–Crippen LogP) is 5.12. The molecule has 0 unspecified atom stereocenters. The van der Waals surface area contributed by atoms with Crippen molar-refractivity contribution in [3.05, 3.63) is 83.4 Å². The number of fused-ring (bicyclic) bond motifs is 1. The SMILES string of the molecule is Cc1cccc(Oc2ccc(Cl)cc2N2C(=NC(=O)COc3ccccc3)S[C@H]3CS(=O)(=O)C[C@@H]32)c1. The molecule has 2 saturated heterocycles. The van der Waals surface area contributed by atoms with Crippen molar-refractivity contribution in [3.63, 3.8) is 0 Å². The van der Waals surface area contributed by atoms with Gasteiger partial charge < -0.3 is 14.4 Å². The summed E-state index contributed by atoms with van der Waals surface area (Å²) in [7, 11) is -3.23. The summed E-state index contributed by atoms with van der Waals surface area (Å²) < 4.78 is 36.7. The lowest BCUT2D eigenvalue weighted by Gasteiger charge is -2.27. The Morgan fingerprint density at radius 2 is 1.83 bits per heavy atom. The van der Waals surface area contributed by atoms with Gasteiger partial charge in [-0.3, -0.25) is 4.79 Å². The second kappa shape index (κ2) is 10.2. The van der Waals surface area contributed by atoms with Crippen LogP contribution in [0.25, 0.3) is 0 Å². The predicted molar refractivity (Wildman–Crippen MR) is 143 cm³/mol. The molecule has 0 N–H and O–H groups in total. The zero-order chi connectivity index (χ0) is 25.3. The number of benzene rings is 3. The molecule has 0 aliphatic carbocycles. The van der Waals surface area contributed by atoms with Gasteiger partial charge in [0.05, 0.1) is 23.2 Å². The van der Waals surface area contributed by atoms with Gasteiger partial charge in [0.15, 0.2) is 27.4 Å². The molecule has 2 aliphatic rings. The van der Waals surface area contributed by atoms with Crippen molar-refractivity contribution < 1.29 is 22.7 Å². The minimum absolute atomic E-state index is 0.0151. The molecule has 2 fully saturated rings. The first-order valence-electron chi connectivity index (χ1n) is 11.3. The Morgan fingerprint density at radius 3 is 2.61 bits per heavy atom. The molecule has 2 heterocycles. The second-order valence-electron chi connectivity index (χ2n) is 8.59. The average molecular weight is 543 g/mol. The number of rotatable bonds is 6. The number of hydrogen-bond donors (Lipinski definition) is 0. The van der Waals surface area contributed by atoms with Gasteiger partial charge in [-0.2, -0.15) is 4.99 Å². The van der Waals surface area contributed by atoms with Crippen LogP contribution in [-0.4, -0.2) is 48.9 Å². The molecule has 36 heavy (non-hydrogen) atoms. The molecule has 2 atom stereocenters. The van der Waals surface area contributed by atoms with Gasteiger partial charge in [-0.25, -0.2) is 8.42 Å². The third-order valence-electron chi connectivity index (χ3n) is 5.79. The minimum Gasteiger partial charge on any atom is -0.484 e. The van der Waals surface area contributed by atoms with E-state index in [0.29, 0.717) is 33.1 Å². The van der Waals surface area contributed by atoms with E-state index in [-0.39, 0.29) is 23.4 Å². The van der Waals surface area contributed by atoms with Crippen molar-refractivity contribution in [3.8, 4) is 17.2 Å². The number of amides is 1. The third kappa shape index (κ3) is 5.53. The van der Waals surface area contributed by atoms with Gasteiger partial charge in [0.1, 0.15) is 11.5 Å². The summed E-state index contributed by atoms with van der Waals surface area (Å²) in [6, 6.07) is 21.4. The van der Waals surface area contributed by atoms with Gasteiger partial charge in [-0.1, -0.05) is 53.7 Å². The molecular formula is C26H23ClN2O5S2. The molecule has 2 aliphatic heterocycles. The molecule has 7 nitrogen and oxygen atoms in total. The van der Waals surface area contributed by atoms with Gasteiger partial charge >= 0.3 is 0 Å². The smallest absolute Gasteiger partial charge is 0.285 e. The second-order valence-corrected chi connectivity index (χ2v) is 12.4. The first kappa shape index (κ1) is 24.7. The number of thioether (sulfide) groups is 1. The van der Waals surface area contributed by atoms with E-state index >= 15 is 0 Å². The highest BCUT2D eigenvalue weighted by atomic mass is 35.5. The molecule has 10 heteroatoms. The van der Waals surface area contributed by atoms with Crippen molar-refractivity contribution >= 4 is 50.0 Å². The fourth-order valence-corrected chi connectivity index (χ4v) is 8.31. The summed E-state index contributed by atoms with van der Waals surface area (Å²) in [5, 5.41) is 0.592. The molecule has 0 saturated carbocycles. The summed E-state index contributed by atoms with van der Waals surface area (Å²) in [5.74, 6) is 1.17. The lowest BCUT2D eigenvalue weighted by atomic mass is 10.2. The van der Waals surface area contributed by atoms with Crippen molar-refractivity contribution in [1.29, 1.82) is 0 Å². The summed E-state index contributed by atoms with van der Waals surface area (Å²) in [5.41, 5.74) is 1.59. The van der Waals surface area contributed by atoms with Crippen LogP contribution in [0.4, 0.5) is 5.69 Å². The van der Waals surface area contributed by atoms with E-state index in [4.69, 9.17) is 21.1 Å². The molecule has 186 valence electrons. The maximum absolute atomic E-state index is 12.7. The molecule has 3 aromatic rings. The quantitative estimate of drug-likeness (QED) is 0.427. The number of ether oxygens (including phenoxy) is 2. The van der Waals surface area contributed by atoms with Crippen molar-refractivity contribution in [1.82, 2.24) is 0 Å². The number of carbonyl (C=O) groups is 1. The lowest BCUT2D eigenvalue weighted by Crippen LogP contribution is -2.38. The third-order valence-corrected chi connectivity index (χ3v) is 9.24. The van der Waals surface area contributed by atoms with Crippen LogP contribution >= 0.6 is 23.4 Å². The maximum Gasteiger partial charge on any atom is 0.285 e. The number of nitrogens with zero attached hydrogens (tertiary/aromatic N) is 2. The first-order chi connectivity index (χ1) is 17.3. The van der Waals surface area contributed by atoms with Crippen LogP contribution < -0.4 is 14.4 Å². The van der Waals surface area contributed by atoms with E-state index in [0.717, 1.165) is 5.56 Å². The normalized spacial score (nSPS) is 21.4. The van der Waals surface area contributed by atoms with Crippen LogP contribution in [0.2, 0.25) is 5.02 Å². The van der Waals surface area contributed by atoms with Crippen molar-refractivity contribution in [2.24, 2.45) is 4.99 Å². The van der Waals surface area contributed by atoms with Crippen LogP contribution in [0.3, 0.4) is 0 Å². The molecule has 0 aromatic heterocycles. The fourth-order valence-electron chi connectivity index (χ4n) is 4.22. The molecule has 0 radical (unpaired) electrons. The number of amidine groups is 1. The van der Waals surface area contributed by atoms with Gasteiger partial charge in [-0.05, 0) is 55.0 Å². The van der Waals surface area contributed by atoms with E-state index in [2.05, 4.69) is 4.99 Å². The number of aliphatic imine (C=N–C) groups is 1. The maximum atomic E-state index is 12.7. The Kier molecular flexibility index (Phi) is 6.96. The van der Waals surface area contributed by atoms with Crippen LogP contribution in [0, 0.1) is 6.92 Å². The summed E-state index contributed by atoms with van der Waals surface area (Å²) in [6.07, 6.45) is 0. The van der Waals surface area contributed by atoms with Crippen LogP contribution in [0.15, 0.2) is 77.8 Å². The Bertz CT molecular complexity index is 1430. The van der Waals surface area contributed by atoms with Gasteiger partial charge in [0.2, 0.25) is 0 Å². The topological polar surface area (TPSA) is 85.3 Å². The highest BCUT2D eigenvalue weighted by molar-refractivity contribution is 8.16. The Balaban J connectivity index is 1.48. The zero-order valence-electron chi connectivity index (χ0n) is 19.3. The summed E-state index contributed by atoms with van der Waals surface area (Å²) >= 11 is 7.64. The largest absolute Gasteiger partial charge is 0.484 e. The number of aryl methyl sites for hydroxylation is 1. The molecule has 3 aromatic carbocycles. The summed E-state index contributed by atoms with van der Waals surface area (Å²) in [6.45, 7) is 1.73. The number of sulfone groups is 1. The van der Waals surface area contributed by atoms with Gasteiger partial charge in [0, 0.05) is 10.3 Å². The number of para-hydroxylation sites is 1. The van der Waals surface area contributed by atoms with Crippen molar-refractivity contribution in [2.45, 2.75) is 18.2 Å².